The van der Waals surface area contributed by atoms with Gasteiger partial charge in [0.05, 0.1) is 11.4 Å². The Kier molecular flexibility index (Phi) is 5.19. The van der Waals surface area contributed by atoms with Crippen molar-refractivity contribution in [2.75, 3.05) is 18.1 Å². The topological polar surface area (TPSA) is 81.4 Å². The quantitative estimate of drug-likeness (QED) is 0.764. The van der Waals surface area contributed by atoms with Crippen LogP contribution in [-0.4, -0.2) is 20.8 Å². The number of hydrogen-bond donors (Lipinski definition) is 2. The molecule has 0 saturated heterocycles. The highest BCUT2D eigenvalue weighted by molar-refractivity contribution is 7.89. The fourth-order valence-electron chi connectivity index (χ4n) is 1.73. The van der Waals surface area contributed by atoms with E-state index < -0.39 is 10.0 Å². The van der Waals surface area contributed by atoms with Crippen LogP contribution in [0.4, 0.5) is 5.69 Å². The molecule has 0 spiro atoms. The number of anilines is 1. The Morgan fingerprint density at radius 1 is 1.00 bits per heavy atom. The predicted molar refractivity (Wildman–Crippen MR) is 83.4 cm³/mol. The molecule has 0 aliphatic rings. The van der Waals surface area contributed by atoms with Gasteiger partial charge in [0.25, 0.3) is 0 Å². The molecule has 0 aromatic heterocycles. The first-order chi connectivity index (χ1) is 10.1. The van der Waals surface area contributed by atoms with Crippen LogP contribution in [0, 0.1) is 0 Å². The molecule has 6 heteroatoms. The largest absolute Gasteiger partial charge is 0.490 e. The second-order valence-electron chi connectivity index (χ2n) is 4.51. The Hall–Kier alpha value is -2.05. The van der Waals surface area contributed by atoms with Crippen molar-refractivity contribution in [1.29, 1.82) is 0 Å². The summed E-state index contributed by atoms with van der Waals surface area (Å²) in [6, 6.07) is 16.3. The van der Waals surface area contributed by atoms with Gasteiger partial charge in [-0.2, -0.15) is 0 Å². The van der Waals surface area contributed by atoms with Gasteiger partial charge in [0.15, 0.2) is 0 Å². The molecular formula is C15H18N2O3S. The van der Waals surface area contributed by atoms with E-state index >= 15 is 0 Å². The summed E-state index contributed by atoms with van der Waals surface area (Å²) in [5, 5.41) is 0. The smallest absolute Gasteiger partial charge is 0.215 e. The number of ether oxygens (including phenoxy) is 1. The second-order valence-corrected chi connectivity index (χ2v) is 6.44. The molecule has 2 rings (SSSR count). The zero-order valence-corrected chi connectivity index (χ0v) is 12.3. The van der Waals surface area contributed by atoms with E-state index in [-0.39, 0.29) is 18.9 Å². The molecule has 0 amide bonds. The summed E-state index contributed by atoms with van der Waals surface area (Å²) in [5.74, 6) is 0.379. The fraction of sp³-hybridized carbons (Fsp3) is 0.200. The van der Waals surface area contributed by atoms with Crippen molar-refractivity contribution in [1.82, 2.24) is 4.72 Å². The van der Waals surface area contributed by atoms with Crippen molar-refractivity contribution >= 4 is 15.7 Å². The van der Waals surface area contributed by atoms with E-state index in [1.54, 1.807) is 24.3 Å². The molecular weight excluding hydrogens is 288 g/mol. The summed E-state index contributed by atoms with van der Waals surface area (Å²) in [5.41, 5.74) is 7.12. The maximum Gasteiger partial charge on any atom is 0.215 e. The summed E-state index contributed by atoms with van der Waals surface area (Å²) < 4.78 is 31.6. The Morgan fingerprint density at radius 2 is 1.67 bits per heavy atom. The number of rotatable bonds is 7. The molecule has 0 aliphatic heterocycles. The molecule has 0 saturated carbocycles. The molecule has 21 heavy (non-hydrogen) atoms. The summed E-state index contributed by atoms with van der Waals surface area (Å²) in [6.07, 6.45) is 0. The third-order valence-corrected chi connectivity index (χ3v) is 4.16. The molecule has 2 aromatic rings. The van der Waals surface area contributed by atoms with Crippen molar-refractivity contribution in [3.63, 3.8) is 0 Å². The van der Waals surface area contributed by atoms with Crippen LogP contribution in [0.5, 0.6) is 5.75 Å². The molecule has 0 fully saturated rings. The summed E-state index contributed by atoms with van der Waals surface area (Å²) >= 11 is 0. The summed E-state index contributed by atoms with van der Waals surface area (Å²) in [7, 11) is -3.38. The molecule has 0 bridgehead atoms. The van der Waals surface area contributed by atoms with Gasteiger partial charge < -0.3 is 10.5 Å². The fourth-order valence-corrected chi connectivity index (χ4v) is 2.57. The Bertz CT molecular complexity index is 672. The number of sulfonamides is 1. The first kappa shape index (κ1) is 15.3. The van der Waals surface area contributed by atoms with E-state index in [9.17, 15) is 8.42 Å². The monoisotopic (exact) mass is 306 g/mol. The van der Waals surface area contributed by atoms with E-state index in [4.69, 9.17) is 10.5 Å². The molecule has 0 radical (unpaired) electrons. The van der Waals surface area contributed by atoms with Gasteiger partial charge in [-0.1, -0.05) is 42.5 Å². The lowest BCUT2D eigenvalue weighted by Crippen LogP contribution is -2.28. The standard InChI is InChI=1S/C15H18N2O3S/c16-14-8-4-5-9-15(14)20-10-11-21(18,19)17-12-13-6-2-1-3-7-13/h1-9,17H,10-12,16H2. The zero-order chi connectivity index (χ0) is 15.1. The molecule has 0 heterocycles. The molecule has 2 aromatic carbocycles. The Morgan fingerprint density at radius 3 is 2.38 bits per heavy atom. The third-order valence-electron chi connectivity index (χ3n) is 2.87. The van der Waals surface area contributed by atoms with Crippen LogP contribution in [0.15, 0.2) is 54.6 Å². The molecule has 0 unspecified atom stereocenters. The third kappa shape index (κ3) is 5.09. The van der Waals surface area contributed by atoms with Crippen molar-refractivity contribution in [3.05, 3.63) is 60.2 Å². The molecule has 5 nitrogen and oxygen atoms in total. The number of nitrogens with one attached hydrogen (secondary N) is 1. The van der Waals surface area contributed by atoms with Crippen LogP contribution in [0.2, 0.25) is 0 Å². The maximum atomic E-state index is 11.9. The highest BCUT2D eigenvalue weighted by atomic mass is 32.2. The molecule has 3 N–H and O–H groups in total. The van der Waals surface area contributed by atoms with Gasteiger partial charge in [0.1, 0.15) is 12.4 Å². The number of nitrogen functional groups attached to an aromatic ring is 1. The van der Waals surface area contributed by atoms with Gasteiger partial charge >= 0.3 is 0 Å². The minimum atomic E-state index is -3.38. The highest BCUT2D eigenvalue weighted by Gasteiger charge is 2.10. The Labute approximate surface area is 124 Å². The summed E-state index contributed by atoms with van der Waals surface area (Å²) in [4.78, 5) is 0. The molecule has 0 atom stereocenters. The Balaban J connectivity index is 1.80. The maximum absolute atomic E-state index is 11.9. The SMILES string of the molecule is Nc1ccccc1OCCS(=O)(=O)NCc1ccccc1. The van der Waals surface area contributed by atoms with E-state index in [0.29, 0.717) is 11.4 Å². The van der Waals surface area contributed by atoms with Gasteiger partial charge in [0.2, 0.25) is 10.0 Å². The van der Waals surface area contributed by atoms with Crippen molar-refractivity contribution in [2.45, 2.75) is 6.54 Å². The van der Waals surface area contributed by atoms with Crippen LogP contribution < -0.4 is 15.2 Å². The number of hydrogen-bond acceptors (Lipinski definition) is 4. The zero-order valence-electron chi connectivity index (χ0n) is 11.5. The first-order valence-corrected chi connectivity index (χ1v) is 8.21. The van der Waals surface area contributed by atoms with Crippen molar-refractivity contribution < 1.29 is 13.2 Å². The van der Waals surface area contributed by atoms with Gasteiger partial charge in [-0.3, -0.25) is 0 Å². The number of nitrogens with two attached hydrogens (primary N) is 1. The highest BCUT2D eigenvalue weighted by Crippen LogP contribution is 2.19. The van der Waals surface area contributed by atoms with Gasteiger partial charge in [-0.05, 0) is 17.7 Å². The van der Waals surface area contributed by atoms with E-state index in [0.717, 1.165) is 5.56 Å². The lowest BCUT2D eigenvalue weighted by atomic mass is 10.2. The van der Waals surface area contributed by atoms with Crippen molar-refractivity contribution in [3.8, 4) is 5.75 Å². The van der Waals surface area contributed by atoms with Crippen LogP contribution in [0.3, 0.4) is 0 Å². The lowest BCUT2D eigenvalue weighted by Gasteiger charge is -2.10. The van der Waals surface area contributed by atoms with E-state index in [1.165, 1.54) is 0 Å². The average molecular weight is 306 g/mol. The van der Waals surface area contributed by atoms with Gasteiger partial charge in [-0.25, -0.2) is 13.1 Å². The van der Waals surface area contributed by atoms with E-state index in [2.05, 4.69) is 4.72 Å². The first-order valence-electron chi connectivity index (χ1n) is 6.55. The average Bonchev–Trinajstić information content (AvgIpc) is 2.48. The van der Waals surface area contributed by atoms with Gasteiger partial charge in [0, 0.05) is 6.54 Å². The van der Waals surface area contributed by atoms with Crippen LogP contribution >= 0.6 is 0 Å². The van der Waals surface area contributed by atoms with Crippen LogP contribution in [0.25, 0.3) is 0 Å². The van der Waals surface area contributed by atoms with Gasteiger partial charge in [-0.15, -0.1) is 0 Å². The minimum Gasteiger partial charge on any atom is -0.490 e. The number of benzene rings is 2. The van der Waals surface area contributed by atoms with Crippen LogP contribution in [0.1, 0.15) is 5.56 Å². The molecule has 112 valence electrons. The second kappa shape index (κ2) is 7.10. The summed E-state index contributed by atoms with van der Waals surface area (Å²) in [6.45, 7) is 0.328. The van der Waals surface area contributed by atoms with Crippen LogP contribution in [-0.2, 0) is 16.6 Å². The van der Waals surface area contributed by atoms with E-state index in [1.807, 2.05) is 30.3 Å². The molecule has 0 aliphatic carbocycles. The number of para-hydroxylation sites is 2. The lowest BCUT2D eigenvalue weighted by molar-refractivity contribution is 0.342. The van der Waals surface area contributed by atoms with Crippen molar-refractivity contribution in [2.24, 2.45) is 0 Å². The minimum absolute atomic E-state index is 0.0539. The normalized spacial score (nSPS) is 11.2. The predicted octanol–water partition coefficient (Wildman–Crippen LogP) is 1.77.